The lowest BCUT2D eigenvalue weighted by molar-refractivity contribution is 0.132. The van der Waals surface area contributed by atoms with E-state index in [1.54, 1.807) is 53.2 Å². The molecule has 56 heteroatoms. The average Bonchev–Trinajstić information content (AvgIpc) is 1.75. The summed E-state index contributed by atoms with van der Waals surface area (Å²) >= 11 is 0. The molecule has 0 radical (unpaired) electrons. The summed E-state index contributed by atoms with van der Waals surface area (Å²) in [5.74, 6) is 2.60. The Labute approximate surface area is 766 Å². The monoisotopic (exact) mass is 1970 g/mol. The van der Waals surface area contributed by atoms with Crippen molar-refractivity contribution in [2.24, 2.45) is 0 Å². The first-order valence-electron chi connectivity index (χ1n) is 41.2. The van der Waals surface area contributed by atoms with Gasteiger partial charge in [-0.25, -0.2) is 52.6 Å². The molecule has 15 N–H and O–H groups in total. The minimum absolute atomic E-state index is 0.0112. The Morgan fingerprint density at radius 2 is 0.596 bits per heavy atom. The lowest BCUT2D eigenvalue weighted by Gasteiger charge is -2.26. The van der Waals surface area contributed by atoms with Gasteiger partial charge < -0.3 is 97.8 Å². The predicted octanol–water partition coefficient (Wildman–Crippen LogP) is 9.18. The van der Waals surface area contributed by atoms with Crippen molar-refractivity contribution in [3.63, 3.8) is 0 Å². The zero-order valence-electron chi connectivity index (χ0n) is 72.7. The molecule has 5 atom stereocenters. The van der Waals surface area contributed by atoms with Gasteiger partial charge in [-0.3, -0.25) is 71.5 Å². The Kier molecular flexibility index (Phi) is 28.5. The van der Waals surface area contributed by atoms with E-state index in [0.29, 0.717) is 89.5 Å². The minimum Gasteiger partial charge on any atom is -0.434 e. The van der Waals surface area contributed by atoms with Crippen LogP contribution < -0.4 is 79.1 Å². The fourth-order valence-corrected chi connectivity index (χ4v) is 20.9. The van der Waals surface area contributed by atoms with Gasteiger partial charge in [-0.15, -0.1) is 0 Å². The fraction of sp³-hybridized carbons (Fsp3) is 0.300. The summed E-state index contributed by atoms with van der Waals surface area (Å²) in [6.07, 6.45) is 6.37. The van der Waals surface area contributed by atoms with E-state index in [1.165, 1.54) is 31.6 Å². The lowest BCUT2D eigenvalue weighted by atomic mass is 10.1. The zero-order chi connectivity index (χ0) is 95.8. The SMILES string of the molecule is Cc1ccc2c(c1)COP(=O)(COCCn1cnc3c(=O)[nH]c(N)nc31)O2.Cc1ccc2c(c1)COP(=O)(COCCn1cnc3c(=O)[nH]c(N)nc31)O2.Cc1cccc2c1OP(=O)(COCCn1cnc3c(=O)[nH]c(N)nc31)OC2.Cc1cccc2c1OP(=O)(COCCn1cnc3c(=O)[nH]c(N)nc31)OC2.[C-]#[N+]c1cccc2c1OP(=O)(COCCn1cnc3c(=O)[nH]c(N)nc31)OC2. The Balaban J connectivity index is 0.000000123. The number of aromatic nitrogens is 20. The molecule has 712 valence electrons. The van der Waals surface area contributed by atoms with Crippen LogP contribution in [-0.2, 0) is 135 Å². The third kappa shape index (κ3) is 22.3. The third-order valence-corrected chi connectivity index (χ3v) is 28.0. The fourth-order valence-electron chi connectivity index (χ4n) is 14.0. The second-order valence-corrected chi connectivity index (χ2v) is 40.2. The first-order chi connectivity index (χ1) is 65.3. The van der Waals surface area contributed by atoms with Gasteiger partial charge in [-0.05, 0) is 51.0 Å². The molecule has 0 bridgehead atoms. The van der Waals surface area contributed by atoms with Crippen LogP contribution in [-0.4, -0.2) is 162 Å². The van der Waals surface area contributed by atoms with Crippen molar-refractivity contribution in [1.82, 2.24) is 97.6 Å². The van der Waals surface area contributed by atoms with Crippen molar-refractivity contribution in [3.05, 3.63) is 236 Å². The Bertz CT molecular complexity index is 7340. The van der Waals surface area contributed by atoms with E-state index in [4.69, 9.17) is 104 Å². The number of para-hydroxylation sites is 3. The van der Waals surface area contributed by atoms with Crippen LogP contribution in [0.4, 0.5) is 35.4 Å². The average molecular weight is 1970 g/mol. The summed E-state index contributed by atoms with van der Waals surface area (Å²) in [6.45, 7) is 18.5. The predicted molar refractivity (Wildman–Crippen MR) is 489 cm³/mol. The highest BCUT2D eigenvalue weighted by Gasteiger charge is 2.39. The van der Waals surface area contributed by atoms with E-state index in [0.717, 1.165) is 44.5 Å². The number of nitrogen functional groups attached to an aromatic ring is 5. The summed E-state index contributed by atoms with van der Waals surface area (Å²) < 4.78 is 154. The van der Waals surface area contributed by atoms with Crippen LogP contribution in [0.1, 0.15) is 50.1 Å². The number of nitrogens with two attached hydrogens (primary N) is 5. The number of fused-ring (bicyclic) bond motifs is 10. The first-order valence-corrected chi connectivity index (χ1v) is 49.8. The molecule has 51 nitrogen and oxygen atoms in total. The van der Waals surface area contributed by atoms with E-state index < -0.39 is 65.8 Å². The molecule has 0 fully saturated rings. The van der Waals surface area contributed by atoms with Gasteiger partial charge in [0.15, 0.2) is 87.6 Å². The Morgan fingerprint density at radius 1 is 0.346 bits per heavy atom. The number of imidazole rings is 5. The number of rotatable bonds is 25. The third-order valence-electron chi connectivity index (χ3n) is 20.6. The molecule has 0 amide bonds. The number of aryl methyl sites for hydroxylation is 4. The van der Waals surface area contributed by atoms with Crippen LogP contribution in [0.3, 0.4) is 0 Å². The van der Waals surface area contributed by atoms with E-state index >= 15 is 0 Å². The number of hydrogen-bond acceptors (Lipinski definition) is 40. The molecule has 5 aromatic carbocycles. The normalized spacial score (nSPS) is 18.9. The Morgan fingerprint density at radius 3 is 0.875 bits per heavy atom. The minimum atomic E-state index is -3.54. The van der Waals surface area contributed by atoms with Gasteiger partial charge in [-0.2, -0.15) is 24.9 Å². The number of hydrogen-bond donors (Lipinski definition) is 10. The van der Waals surface area contributed by atoms with E-state index in [-0.39, 0.29) is 167 Å². The molecular formula is C80H87N26O25P5. The lowest BCUT2D eigenvalue weighted by Crippen LogP contribution is -2.15. The summed E-state index contributed by atoms with van der Waals surface area (Å²) in [4.78, 5) is 115. The van der Waals surface area contributed by atoms with Crippen molar-refractivity contribution in [2.75, 3.05) is 93.4 Å². The second kappa shape index (κ2) is 40.7. The van der Waals surface area contributed by atoms with Gasteiger partial charge in [0.25, 0.3) is 27.8 Å². The topological polar surface area (TPSA) is 676 Å². The molecule has 0 saturated carbocycles. The van der Waals surface area contributed by atoms with Gasteiger partial charge in [0.05, 0.1) is 104 Å². The largest absolute Gasteiger partial charge is 0.434 e. The molecule has 5 aliphatic rings. The molecule has 15 aromatic rings. The molecule has 5 unspecified atom stereocenters. The van der Waals surface area contributed by atoms with Crippen molar-refractivity contribution in [2.45, 2.75) is 93.5 Å². The molecule has 0 spiro atoms. The second-order valence-electron chi connectivity index (χ2n) is 30.6. The number of benzene rings is 5. The first kappa shape index (κ1) is 95.3. The van der Waals surface area contributed by atoms with Gasteiger partial charge in [0, 0.05) is 60.5 Å². The number of nitrogens with one attached hydrogen (secondary N) is 5. The van der Waals surface area contributed by atoms with Gasteiger partial charge in [0.2, 0.25) is 35.4 Å². The van der Waals surface area contributed by atoms with E-state index in [2.05, 4.69) is 79.6 Å². The highest BCUT2D eigenvalue weighted by atomic mass is 31.2. The number of anilines is 5. The number of aromatic amines is 5. The molecule has 10 aromatic heterocycles. The molecular weight excluding hydrogens is 1880 g/mol. The Hall–Kier alpha value is -13.9. The van der Waals surface area contributed by atoms with Crippen LogP contribution in [0.2, 0.25) is 0 Å². The maximum Gasteiger partial charge on any atom is 0.405 e. The number of ether oxygens (including phenoxy) is 5. The smallest absolute Gasteiger partial charge is 0.405 e. The van der Waals surface area contributed by atoms with Crippen LogP contribution in [0.15, 0.2) is 147 Å². The van der Waals surface area contributed by atoms with E-state index in [9.17, 15) is 46.8 Å². The maximum atomic E-state index is 12.8. The van der Waals surface area contributed by atoms with Crippen LogP contribution in [0.5, 0.6) is 28.7 Å². The maximum absolute atomic E-state index is 12.8. The summed E-state index contributed by atoms with van der Waals surface area (Å²) in [5, 5.41) is 0. The van der Waals surface area contributed by atoms with E-state index in [1.807, 2.05) is 88.4 Å². The number of H-pyrrole nitrogens is 5. The number of nitrogens with zero attached hydrogens (tertiary/aromatic N) is 16. The van der Waals surface area contributed by atoms with Gasteiger partial charge >= 0.3 is 38.0 Å². The summed E-state index contributed by atoms with van der Waals surface area (Å²) in [6, 6.07) is 27.6. The van der Waals surface area contributed by atoms with Crippen molar-refractivity contribution in [1.29, 1.82) is 0 Å². The van der Waals surface area contributed by atoms with Crippen molar-refractivity contribution in [3.8, 4) is 28.7 Å². The standard InChI is InChI=1S/C16H15N6O5P.4C16H18N5O5P/c1-18-11-4-2-3-10-7-26-28(24,27-13(10)11)9-25-6-5-22-8-19-12-14(22)20-16(17)21-15(12)23;2*1-10-2-3-12-11(6-10)7-25-27(23,26-12)9-24-5-4-21-8-18-13-14(21)19-16(17)20-15(13)22;2*1-10-3-2-4-11-7-25-27(23,26-13(10)11)9-24-6-5-21-8-18-12-14(21)19-16(17)20-15(12)22/h2-4,8H,5-7,9H2,(H3,17,20,21,23);2*2-3,6,8H,4-5,7,9H2,1H3,(H3,17,19,20,22);2*2-4,8H,5-7,9H2,1H3,(H3,17,19,20,22). The van der Waals surface area contributed by atoms with Gasteiger partial charge in [-0.1, -0.05) is 90.0 Å². The molecule has 0 saturated heterocycles. The van der Waals surface area contributed by atoms with Gasteiger partial charge in [0.1, 0.15) is 28.7 Å². The van der Waals surface area contributed by atoms with Crippen LogP contribution >= 0.6 is 38.0 Å². The summed E-state index contributed by atoms with van der Waals surface area (Å²) in [5.41, 5.74) is 36.8. The molecule has 5 aliphatic heterocycles. The summed E-state index contributed by atoms with van der Waals surface area (Å²) in [7, 11) is -17.0. The molecule has 136 heavy (non-hydrogen) atoms. The van der Waals surface area contributed by atoms with Crippen molar-refractivity contribution >= 4 is 129 Å². The highest BCUT2D eigenvalue weighted by molar-refractivity contribution is 7.55. The molecule has 0 aliphatic carbocycles. The quantitative estimate of drug-likeness (QED) is 0.0145. The molecule has 15 heterocycles. The van der Waals surface area contributed by atoms with Crippen molar-refractivity contribution < 1.29 is 91.7 Å². The molecule has 20 rings (SSSR count). The zero-order valence-corrected chi connectivity index (χ0v) is 77.1. The van der Waals surface area contributed by atoms with Crippen LogP contribution in [0, 0.1) is 34.3 Å². The van der Waals surface area contributed by atoms with Crippen LogP contribution in [0.25, 0.3) is 60.7 Å². The highest BCUT2D eigenvalue weighted by Crippen LogP contribution is 2.59.